The number of rotatable bonds is 9. The number of aryl methyl sites for hydroxylation is 1. The van der Waals surface area contributed by atoms with Crippen molar-refractivity contribution in [1.29, 1.82) is 0 Å². The minimum Gasteiger partial charge on any atom is -0.489 e. The standard InChI is InChI=1S/C23H26ClN5O2/c1-17-21(22(24)29(27-17)19-5-3-2-4-6-19)16-31-20-9-7-18(8-10-20)15-25-11-13-28-14-12-26-23(28)30/h2-10,25H,11-16H2,1H3,(H,26,30). The molecule has 0 spiro atoms. The number of carbonyl (C=O) groups excluding carboxylic acids is 1. The third-order valence-corrected chi connectivity index (χ3v) is 5.65. The molecule has 0 aliphatic carbocycles. The molecule has 2 heterocycles. The summed E-state index contributed by atoms with van der Waals surface area (Å²) in [6.45, 7) is 6.01. The Kier molecular flexibility index (Phi) is 6.74. The minimum absolute atomic E-state index is 0.0213. The van der Waals surface area contributed by atoms with Crippen LogP contribution >= 0.6 is 11.6 Å². The number of nitrogens with one attached hydrogen (secondary N) is 2. The molecule has 1 aliphatic heterocycles. The lowest BCUT2D eigenvalue weighted by Gasteiger charge is -2.14. The van der Waals surface area contributed by atoms with Crippen LogP contribution in [0.3, 0.4) is 0 Å². The van der Waals surface area contributed by atoms with Crippen LogP contribution in [0.15, 0.2) is 54.6 Å². The van der Waals surface area contributed by atoms with Crippen molar-refractivity contribution in [2.24, 2.45) is 0 Å². The van der Waals surface area contributed by atoms with E-state index in [0.717, 1.165) is 54.4 Å². The number of hydrogen-bond acceptors (Lipinski definition) is 4. The SMILES string of the molecule is Cc1nn(-c2ccccc2)c(Cl)c1COc1ccc(CNCCN2CCNC2=O)cc1. The van der Waals surface area contributed by atoms with Crippen LogP contribution in [-0.2, 0) is 13.2 Å². The zero-order valence-corrected chi connectivity index (χ0v) is 18.2. The molecule has 7 nitrogen and oxygen atoms in total. The van der Waals surface area contributed by atoms with Crippen LogP contribution in [0.2, 0.25) is 5.15 Å². The van der Waals surface area contributed by atoms with Crippen molar-refractivity contribution in [3.8, 4) is 11.4 Å². The summed E-state index contributed by atoms with van der Waals surface area (Å²) < 4.78 is 7.69. The number of para-hydroxylation sites is 1. The smallest absolute Gasteiger partial charge is 0.317 e. The number of nitrogens with zero attached hydrogens (tertiary/aromatic N) is 3. The van der Waals surface area contributed by atoms with Crippen molar-refractivity contribution in [3.05, 3.63) is 76.6 Å². The predicted octanol–water partition coefficient (Wildman–Crippen LogP) is 3.53. The van der Waals surface area contributed by atoms with Crippen molar-refractivity contribution in [1.82, 2.24) is 25.3 Å². The zero-order valence-electron chi connectivity index (χ0n) is 17.5. The fraction of sp³-hybridized carbons (Fsp3) is 0.304. The third-order valence-electron chi connectivity index (χ3n) is 5.26. The molecule has 2 aromatic carbocycles. The van der Waals surface area contributed by atoms with Crippen molar-refractivity contribution < 1.29 is 9.53 Å². The van der Waals surface area contributed by atoms with E-state index in [1.165, 1.54) is 0 Å². The van der Waals surface area contributed by atoms with E-state index in [0.29, 0.717) is 18.3 Å². The van der Waals surface area contributed by atoms with Crippen LogP contribution in [0.4, 0.5) is 4.79 Å². The zero-order chi connectivity index (χ0) is 21.6. The third kappa shape index (κ3) is 5.18. The largest absolute Gasteiger partial charge is 0.489 e. The Balaban J connectivity index is 1.28. The van der Waals surface area contributed by atoms with Gasteiger partial charge in [0, 0.05) is 38.3 Å². The van der Waals surface area contributed by atoms with Gasteiger partial charge in [-0.05, 0) is 36.8 Å². The Morgan fingerprint density at radius 1 is 1.16 bits per heavy atom. The molecule has 1 aliphatic rings. The predicted molar refractivity (Wildman–Crippen MR) is 121 cm³/mol. The highest BCUT2D eigenvalue weighted by Crippen LogP contribution is 2.25. The quantitative estimate of drug-likeness (QED) is 0.500. The molecule has 2 N–H and O–H groups in total. The molecule has 3 aromatic rings. The van der Waals surface area contributed by atoms with Gasteiger partial charge < -0.3 is 20.3 Å². The molecule has 4 rings (SSSR count). The van der Waals surface area contributed by atoms with Crippen LogP contribution in [0.25, 0.3) is 5.69 Å². The van der Waals surface area contributed by atoms with Gasteiger partial charge in [0.15, 0.2) is 0 Å². The number of urea groups is 1. The molecule has 2 amide bonds. The summed E-state index contributed by atoms with van der Waals surface area (Å²) in [5.41, 5.74) is 3.80. The molecule has 8 heteroatoms. The van der Waals surface area contributed by atoms with Crippen LogP contribution in [0.5, 0.6) is 5.75 Å². The second-order valence-corrected chi connectivity index (χ2v) is 7.79. The van der Waals surface area contributed by atoms with E-state index >= 15 is 0 Å². The first kappa shape index (κ1) is 21.2. The summed E-state index contributed by atoms with van der Waals surface area (Å²) in [4.78, 5) is 13.3. The normalized spacial score (nSPS) is 13.5. The Labute approximate surface area is 187 Å². The monoisotopic (exact) mass is 439 g/mol. The lowest BCUT2D eigenvalue weighted by molar-refractivity contribution is 0.217. The van der Waals surface area contributed by atoms with E-state index in [9.17, 15) is 4.79 Å². The van der Waals surface area contributed by atoms with E-state index in [1.54, 1.807) is 4.68 Å². The molecule has 31 heavy (non-hydrogen) atoms. The summed E-state index contributed by atoms with van der Waals surface area (Å²) in [6.07, 6.45) is 0. The topological polar surface area (TPSA) is 71.4 Å². The maximum atomic E-state index is 11.5. The molecule has 0 atom stereocenters. The maximum absolute atomic E-state index is 11.5. The molecule has 1 fully saturated rings. The average Bonchev–Trinajstić information content (AvgIpc) is 3.33. The van der Waals surface area contributed by atoms with E-state index in [2.05, 4.69) is 15.7 Å². The van der Waals surface area contributed by atoms with Gasteiger partial charge in [0.25, 0.3) is 0 Å². The van der Waals surface area contributed by atoms with Gasteiger partial charge >= 0.3 is 6.03 Å². The molecule has 0 radical (unpaired) electrons. The Morgan fingerprint density at radius 2 is 1.94 bits per heavy atom. The first-order valence-electron chi connectivity index (χ1n) is 10.4. The van der Waals surface area contributed by atoms with Crippen molar-refractivity contribution in [2.45, 2.75) is 20.1 Å². The molecule has 1 saturated heterocycles. The van der Waals surface area contributed by atoms with E-state index in [-0.39, 0.29) is 6.03 Å². The Morgan fingerprint density at radius 3 is 2.65 bits per heavy atom. The van der Waals surface area contributed by atoms with Crippen LogP contribution in [0, 0.1) is 6.92 Å². The Hall–Kier alpha value is -3.03. The van der Waals surface area contributed by atoms with Crippen molar-refractivity contribution in [3.63, 3.8) is 0 Å². The molecule has 1 aromatic heterocycles. The number of benzene rings is 2. The number of amides is 2. The second kappa shape index (κ2) is 9.85. The lowest BCUT2D eigenvalue weighted by atomic mass is 10.2. The van der Waals surface area contributed by atoms with Crippen molar-refractivity contribution in [2.75, 3.05) is 26.2 Å². The second-order valence-electron chi connectivity index (χ2n) is 7.43. The summed E-state index contributed by atoms with van der Waals surface area (Å²) in [6, 6.07) is 17.8. The number of hydrogen-bond donors (Lipinski definition) is 2. The molecule has 0 unspecified atom stereocenters. The minimum atomic E-state index is 0.0213. The van der Waals surface area contributed by atoms with Gasteiger partial charge in [-0.1, -0.05) is 41.9 Å². The maximum Gasteiger partial charge on any atom is 0.317 e. The summed E-state index contributed by atoms with van der Waals surface area (Å²) in [5, 5.41) is 11.3. The van der Waals surface area contributed by atoms with Gasteiger partial charge in [0.2, 0.25) is 0 Å². The molecular weight excluding hydrogens is 414 g/mol. The highest BCUT2D eigenvalue weighted by atomic mass is 35.5. The van der Waals surface area contributed by atoms with Gasteiger partial charge in [-0.3, -0.25) is 0 Å². The molecule has 0 saturated carbocycles. The number of halogens is 1. The first-order chi connectivity index (χ1) is 15.1. The van der Waals surface area contributed by atoms with Gasteiger partial charge in [-0.25, -0.2) is 9.48 Å². The fourth-order valence-electron chi connectivity index (χ4n) is 3.47. The highest BCUT2D eigenvalue weighted by molar-refractivity contribution is 6.30. The Bertz CT molecular complexity index is 1020. The number of carbonyl (C=O) groups is 1. The van der Waals surface area contributed by atoms with Crippen molar-refractivity contribution >= 4 is 17.6 Å². The van der Waals surface area contributed by atoms with E-state index in [4.69, 9.17) is 16.3 Å². The first-order valence-corrected chi connectivity index (χ1v) is 10.7. The van der Waals surface area contributed by atoms with Crippen LogP contribution in [-0.4, -0.2) is 46.9 Å². The van der Waals surface area contributed by atoms with E-state index < -0.39 is 0 Å². The highest BCUT2D eigenvalue weighted by Gasteiger charge is 2.18. The van der Waals surface area contributed by atoms with Crippen LogP contribution in [0.1, 0.15) is 16.8 Å². The van der Waals surface area contributed by atoms with Gasteiger partial charge in [-0.15, -0.1) is 0 Å². The number of aromatic nitrogens is 2. The van der Waals surface area contributed by atoms with E-state index in [1.807, 2.05) is 66.4 Å². The van der Waals surface area contributed by atoms with Gasteiger partial charge in [0.1, 0.15) is 17.5 Å². The summed E-state index contributed by atoms with van der Waals surface area (Å²) >= 11 is 6.57. The fourth-order valence-corrected chi connectivity index (χ4v) is 3.79. The summed E-state index contributed by atoms with van der Waals surface area (Å²) in [7, 11) is 0. The van der Waals surface area contributed by atoms with Gasteiger partial charge in [0.05, 0.1) is 11.4 Å². The van der Waals surface area contributed by atoms with Gasteiger partial charge in [-0.2, -0.15) is 5.10 Å². The summed E-state index contributed by atoms with van der Waals surface area (Å²) in [5.74, 6) is 0.778. The lowest BCUT2D eigenvalue weighted by Crippen LogP contribution is -2.34. The van der Waals surface area contributed by atoms with Crippen LogP contribution < -0.4 is 15.4 Å². The number of ether oxygens (including phenoxy) is 1. The molecule has 162 valence electrons. The molecular formula is C23H26ClN5O2. The molecule has 0 bridgehead atoms. The average molecular weight is 440 g/mol.